The van der Waals surface area contributed by atoms with Gasteiger partial charge in [-0.15, -0.1) is 0 Å². The van der Waals surface area contributed by atoms with Crippen molar-refractivity contribution in [3.8, 4) is 11.5 Å². The minimum atomic E-state index is 0.317. The van der Waals surface area contributed by atoms with Gasteiger partial charge in [-0.05, 0) is 86.5 Å². The number of methoxy groups -OCH3 is 1. The number of ether oxygens (including phenoxy) is 2. The summed E-state index contributed by atoms with van der Waals surface area (Å²) in [5, 5.41) is 5.18. The molecule has 0 spiro atoms. The predicted octanol–water partition coefficient (Wildman–Crippen LogP) is 8.21. The van der Waals surface area contributed by atoms with Crippen LogP contribution in [0.2, 0.25) is 15.1 Å². The normalized spacial score (nSPS) is 10.7. The SMILES string of the molecule is COc1cc(CNc2ccc(Br)c(Cl)c2)cc(I)c1OCc1ccc(Cl)cc1Cl. The molecule has 0 aliphatic carbocycles. The first kappa shape index (κ1) is 22.8. The zero-order valence-corrected chi connectivity index (χ0v) is 21.3. The molecule has 0 heterocycles. The third-order valence-corrected chi connectivity index (χ3v) is 6.71. The molecule has 0 aliphatic rings. The van der Waals surface area contributed by atoms with Gasteiger partial charge in [0.15, 0.2) is 11.5 Å². The number of hydrogen-bond acceptors (Lipinski definition) is 3. The molecule has 0 atom stereocenters. The van der Waals surface area contributed by atoms with Crippen LogP contribution in [0.15, 0.2) is 53.0 Å². The molecule has 0 aliphatic heterocycles. The lowest BCUT2D eigenvalue weighted by atomic mass is 10.2. The fraction of sp³-hybridized carbons (Fsp3) is 0.143. The molecule has 1 N–H and O–H groups in total. The zero-order valence-electron chi connectivity index (χ0n) is 15.2. The van der Waals surface area contributed by atoms with E-state index in [0.29, 0.717) is 39.7 Å². The molecule has 0 aromatic heterocycles. The van der Waals surface area contributed by atoms with E-state index < -0.39 is 0 Å². The topological polar surface area (TPSA) is 30.5 Å². The van der Waals surface area contributed by atoms with Gasteiger partial charge in [-0.1, -0.05) is 40.9 Å². The molecule has 3 nitrogen and oxygen atoms in total. The summed E-state index contributed by atoms with van der Waals surface area (Å²) >= 11 is 24.0. The van der Waals surface area contributed by atoms with Crippen LogP contribution in [0.4, 0.5) is 5.69 Å². The Balaban J connectivity index is 1.73. The maximum absolute atomic E-state index is 6.24. The number of hydrogen-bond donors (Lipinski definition) is 1. The second kappa shape index (κ2) is 10.4. The van der Waals surface area contributed by atoms with Crippen LogP contribution in [0.25, 0.3) is 0 Å². The molecule has 0 saturated carbocycles. The van der Waals surface area contributed by atoms with Crippen LogP contribution in [0.1, 0.15) is 11.1 Å². The Morgan fingerprint density at radius 2 is 1.79 bits per heavy atom. The van der Waals surface area contributed by atoms with E-state index in [0.717, 1.165) is 24.9 Å². The summed E-state index contributed by atoms with van der Waals surface area (Å²) in [4.78, 5) is 0. The third-order valence-electron chi connectivity index (χ3n) is 4.09. The van der Waals surface area contributed by atoms with Crippen LogP contribution in [-0.2, 0) is 13.2 Å². The molecule has 29 heavy (non-hydrogen) atoms. The van der Waals surface area contributed by atoms with E-state index in [1.54, 1.807) is 19.2 Å². The van der Waals surface area contributed by atoms with Gasteiger partial charge in [0.05, 0.1) is 15.7 Å². The second-order valence-corrected chi connectivity index (χ2v) is 9.38. The van der Waals surface area contributed by atoms with E-state index in [1.165, 1.54) is 0 Å². The minimum Gasteiger partial charge on any atom is -0.493 e. The Hall–Kier alpha value is -0.860. The smallest absolute Gasteiger partial charge is 0.174 e. The zero-order chi connectivity index (χ0) is 21.0. The van der Waals surface area contributed by atoms with E-state index in [4.69, 9.17) is 44.3 Å². The summed E-state index contributed by atoms with van der Waals surface area (Å²) in [7, 11) is 1.62. The van der Waals surface area contributed by atoms with Crippen molar-refractivity contribution >= 4 is 79.0 Å². The first-order valence-electron chi connectivity index (χ1n) is 8.49. The van der Waals surface area contributed by atoms with Crippen molar-refractivity contribution in [1.29, 1.82) is 0 Å². The third kappa shape index (κ3) is 6.07. The molecule has 0 saturated heterocycles. The van der Waals surface area contributed by atoms with E-state index >= 15 is 0 Å². The lowest BCUT2D eigenvalue weighted by Crippen LogP contribution is -2.04. The number of rotatable bonds is 7. The van der Waals surface area contributed by atoms with Crippen LogP contribution in [0.5, 0.6) is 11.5 Å². The summed E-state index contributed by atoms with van der Waals surface area (Å²) in [5.41, 5.74) is 2.85. The molecular weight excluding hydrogens is 611 g/mol. The molecule has 152 valence electrons. The van der Waals surface area contributed by atoms with Crippen molar-refractivity contribution in [3.63, 3.8) is 0 Å². The summed E-state index contributed by atoms with van der Waals surface area (Å²) < 4.78 is 13.4. The van der Waals surface area contributed by atoms with Gasteiger partial charge in [-0.25, -0.2) is 0 Å². The number of anilines is 1. The molecule has 3 aromatic rings. The molecule has 0 fully saturated rings. The lowest BCUT2D eigenvalue weighted by Gasteiger charge is -2.16. The van der Waals surface area contributed by atoms with E-state index in [-0.39, 0.29) is 0 Å². The molecule has 0 radical (unpaired) electrons. The molecule has 3 rings (SSSR count). The highest BCUT2D eigenvalue weighted by Gasteiger charge is 2.13. The number of halogens is 5. The Bertz CT molecular complexity index is 1030. The van der Waals surface area contributed by atoms with Gasteiger partial charge in [0.2, 0.25) is 0 Å². The fourth-order valence-electron chi connectivity index (χ4n) is 2.61. The predicted molar refractivity (Wildman–Crippen MR) is 133 cm³/mol. The van der Waals surface area contributed by atoms with Crippen molar-refractivity contribution in [2.75, 3.05) is 12.4 Å². The average Bonchev–Trinajstić information content (AvgIpc) is 2.69. The molecule has 3 aromatic carbocycles. The standard InChI is InChI=1S/C21H16BrCl3INO2/c1-28-20-7-12(10-27-15-4-5-16(22)18(25)9-15)6-19(26)21(20)29-11-13-2-3-14(23)8-17(13)24/h2-9,27H,10-11H2,1H3. The van der Waals surface area contributed by atoms with Gasteiger partial charge in [0.1, 0.15) is 6.61 Å². The van der Waals surface area contributed by atoms with Crippen LogP contribution < -0.4 is 14.8 Å². The van der Waals surface area contributed by atoms with Crippen molar-refractivity contribution in [2.45, 2.75) is 13.2 Å². The van der Waals surface area contributed by atoms with Gasteiger partial charge in [-0.2, -0.15) is 0 Å². The van der Waals surface area contributed by atoms with Crippen molar-refractivity contribution in [2.24, 2.45) is 0 Å². The Morgan fingerprint density at radius 3 is 2.48 bits per heavy atom. The van der Waals surface area contributed by atoms with Gasteiger partial charge in [0, 0.05) is 32.3 Å². The Labute approximate surface area is 206 Å². The first-order valence-corrected chi connectivity index (χ1v) is 11.5. The van der Waals surface area contributed by atoms with E-state index in [2.05, 4.69) is 49.9 Å². The highest BCUT2D eigenvalue weighted by Crippen LogP contribution is 2.35. The van der Waals surface area contributed by atoms with Gasteiger partial charge in [-0.3, -0.25) is 0 Å². The van der Waals surface area contributed by atoms with Gasteiger partial charge >= 0.3 is 0 Å². The minimum absolute atomic E-state index is 0.317. The van der Waals surface area contributed by atoms with Crippen molar-refractivity contribution in [1.82, 2.24) is 0 Å². The average molecular weight is 628 g/mol. The monoisotopic (exact) mass is 625 g/mol. The Kier molecular flexibility index (Phi) is 8.22. The molecule has 0 bridgehead atoms. The number of nitrogens with one attached hydrogen (secondary N) is 1. The van der Waals surface area contributed by atoms with Crippen molar-refractivity contribution in [3.05, 3.63) is 82.8 Å². The van der Waals surface area contributed by atoms with Crippen LogP contribution in [0, 0.1) is 3.57 Å². The largest absolute Gasteiger partial charge is 0.493 e. The molecule has 0 amide bonds. The summed E-state index contributed by atoms with van der Waals surface area (Å²) in [6, 6.07) is 15.1. The second-order valence-electron chi connectivity index (χ2n) is 6.12. The highest BCUT2D eigenvalue weighted by molar-refractivity contribution is 14.1. The highest BCUT2D eigenvalue weighted by atomic mass is 127. The molecule has 0 unspecified atom stereocenters. The van der Waals surface area contributed by atoms with E-state index in [1.807, 2.05) is 30.3 Å². The number of benzene rings is 3. The van der Waals surface area contributed by atoms with Crippen molar-refractivity contribution < 1.29 is 9.47 Å². The summed E-state index contributed by atoms with van der Waals surface area (Å²) in [6.45, 7) is 0.935. The quantitative estimate of drug-likeness (QED) is 0.268. The van der Waals surface area contributed by atoms with Crippen LogP contribution in [0.3, 0.4) is 0 Å². The summed E-state index contributed by atoms with van der Waals surface area (Å²) in [5.74, 6) is 1.34. The van der Waals surface area contributed by atoms with Crippen LogP contribution in [-0.4, -0.2) is 7.11 Å². The first-order chi connectivity index (χ1) is 13.9. The lowest BCUT2D eigenvalue weighted by molar-refractivity contribution is 0.282. The maximum Gasteiger partial charge on any atom is 0.174 e. The van der Waals surface area contributed by atoms with Gasteiger partial charge in [0.25, 0.3) is 0 Å². The summed E-state index contributed by atoms with van der Waals surface area (Å²) in [6.07, 6.45) is 0. The molecule has 8 heteroatoms. The molecular formula is C21H16BrCl3INO2. The van der Waals surface area contributed by atoms with Gasteiger partial charge < -0.3 is 14.8 Å². The fourth-order valence-corrected chi connectivity index (χ4v) is 4.33. The van der Waals surface area contributed by atoms with E-state index in [9.17, 15) is 0 Å². The Morgan fingerprint density at radius 1 is 1.00 bits per heavy atom. The maximum atomic E-state index is 6.24. The van der Waals surface area contributed by atoms with Crippen LogP contribution >= 0.6 is 73.3 Å².